The molecular weight excluding hydrogens is 372 g/mol. The average molecular weight is 398 g/mol. The Bertz CT molecular complexity index is 1040. The molecular formula is C22H26N2O5. The molecule has 0 aliphatic rings. The van der Waals surface area contributed by atoms with Gasteiger partial charge in [-0.1, -0.05) is 13.8 Å². The van der Waals surface area contributed by atoms with Crippen LogP contribution in [-0.4, -0.2) is 48.4 Å². The molecule has 3 aromatic rings. The minimum atomic E-state index is -0.435. The van der Waals surface area contributed by atoms with Crippen molar-refractivity contribution >= 4 is 16.7 Å². The van der Waals surface area contributed by atoms with E-state index in [2.05, 4.69) is 24.1 Å². The van der Waals surface area contributed by atoms with E-state index in [9.17, 15) is 15.0 Å². The molecule has 1 heterocycles. The number of methoxy groups -OCH3 is 1. The summed E-state index contributed by atoms with van der Waals surface area (Å²) in [5.41, 5.74) is 1.36. The Labute approximate surface area is 169 Å². The van der Waals surface area contributed by atoms with Crippen molar-refractivity contribution in [1.29, 1.82) is 0 Å². The zero-order valence-electron chi connectivity index (χ0n) is 16.9. The fourth-order valence-corrected chi connectivity index (χ4v) is 3.27. The van der Waals surface area contributed by atoms with Crippen LogP contribution in [0.25, 0.3) is 22.3 Å². The van der Waals surface area contributed by atoms with Crippen LogP contribution >= 0.6 is 0 Å². The summed E-state index contributed by atoms with van der Waals surface area (Å²) in [5, 5.41) is 23.5. The van der Waals surface area contributed by atoms with Crippen LogP contribution in [0.15, 0.2) is 45.6 Å². The molecule has 0 bridgehead atoms. The molecule has 0 amide bonds. The molecule has 0 radical (unpaired) electrons. The number of phenols is 2. The second-order valence-corrected chi connectivity index (χ2v) is 6.66. The van der Waals surface area contributed by atoms with Gasteiger partial charge in [-0.3, -0.25) is 4.79 Å². The van der Waals surface area contributed by atoms with E-state index in [0.29, 0.717) is 11.3 Å². The number of nitrogens with zero attached hydrogens (tertiary/aromatic N) is 1. The second kappa shape index (κ2) is 8.87. The van der Waals surface area contributed by atoms with Crippen molar-refractivity contribution in [2.24, 2.45) is 0 Å². The Morgan fingerprint density at radius 1 is 1.10 bits per heavy atom. The van der Waals surface area contributed by atoms with Gasteiger partial charge in [-0.05, 0) is 37.4 Å². The first-order valence-corrected chi connectivity index (χ1v) is 9.61. The van der Waals surface area contributed by atoms with Gasteiger partial charge in [0.25, 0.3) is 0 Å². The van der Waals surface area contributed by atoms with E-state index in [-0.39, 0.29) is 22.5 Å². The summed E-state index contributed by atoms with van der Waals surface area (Å²) in [4.78, 5) is 14.9. The molecule has 3 N–H and O–H groups in total. The van der Waals surface area contributed by atoms with Gasteiger partial charge in [-0.25, -0.2) is 0 Å². The number of hydrogen-bond donors (Lipinski definition) is 3. The molecule has 0 unspecified atom stereocenters. The lowest BCUT2D eigenvalue weighted by atomic mass is 10.1. The Hall–Kier alpha value is -3.19. The van der Waals surface area contributed by atoms with E-state index in [1.165, 1.54) is 19.2 Å². The van der Waals surface area contributed by atoms with Gasteiger partial charge in [-0.15, -0.1) is 0 Å². The molecule has 1 aromatic heterocycles. The number of fused-ring (bicyclic) bond motifs is 1. The second-order valence-electron chi connectivity index (χ2n) is 6.66. The van der Waals surface area contributed by atoms with Crippen LogP contribution in [0.2, 0.25) is 0 Å². The molecule has 2 aromatic carbocycles. The van der Waals surface area contributed by atoms with Crippen LogP contribution in [0.1, 0.15) is 13.8 Å². The summed E-state index contributed by atoms with van der Waals surface area (Å²) in [6.07, 6.45) is 0. The van der Waals surface area contributed by atoms with Gasteiger partial charge in [0.05, 0.1) is 7.11 Å². The van der Waals surface area contributed by atoms with Crippen molar-refractivity contribution in [3.05, 3.63) is 46.6 Å². The highest BCUT2D eigenvalue weighted by atomic mass is 16.5. The van der Waals surface area contributed by atoms with Gasteiger partial charge in [0.2, 0.25) is 5.75 Å². The lowest BCUT2D eigenvalue weighted by Crippen LogP contribution is -2.28. The van der Waals surface area contributed by atoms with Gasteiger partial charge >= 0.3 is 0 Å². The number of benzene rings is 2. The smallest absolute Gasteiger partial charge is 0.203 e. The highest BCUT2D eigenvalue weighted by Gasteiger charge is 2.18. The average Bonchev–Trinajstić information content (AvgIpc) is 2.71. The third kappa shape index (κ3) is 4.30. The Kier molecular flexibility index (Phi) is 6.29. The van der Waals surface area contributed by atoms with E-state index in [1.54, 1.807) is 0 Å². The zero-order valence-corrected chi connectivity index (χ0v) is 16.9. The maximum Gasteiger partial charge on any atom is 0.203 e. The Morgan fingerprint density at radius 2 is 1.79 bits per heavy atom. The standard InChI is InChI=1S/C22H26N2O5/c1-4-24(5-2)11-10-23-15-8-6-14(7-9-15)18-12-16(25)20-19(29-18)13-17(26)22(28-3)21(20)27/h6-9,12-13,23,26-27H,4-5,10-11H2,1-3H3. The molecule has 0 aliphatic carbocycles. The Morgan fingerprint density at radius 3 is 2.41 bits per heavy atom. The number of nitrogens with one attached hydrogen (secondary N) is 1. The fourth-order valence-electron chi connectivity index (χ4n) is 3.27. The summed E-state index contributed by atoms with van der Waals surface area (Å²) in [6, 6.07) is 10.1. The summed E-state index contributed by atoms with van der Waals surface area (Å²) < 4.78 is 10.7. The van der Waals surface area contributed by atoms with Crippen molar-refractivity contribution in [3.63, 3.8) is 0 Å². The summed E-state index contributed by atoms with van der Waals surface area (Å²) in [7, 11) is 1.30. The predicted molar refractivity (Wildman–Crippen MR) is 114 cm³/mol. The normalized spacial score (nSPS) is 11.2. The van der Waals surface area contributed by atoms with E-state index in [1.807, 2.05) is 24.3 Å². The van der Waals surface area contributed by atoms with Crippen molar-refractivity contribution in [2.75, 3.05) is 38.6 Å². The molecule has 154 valence electrons. The predicted octanol–water partition coefficient (Wildman–Crippen LogP) is 3.63. The van der Waals surface area contributed by atoms with Crippen LogP contribution in [0.5, 0.6) is 17.2 Å². The van der Waals surface area contributed by atoms with E-state index in [4.69, 9.17) is 9.15 Å². The molecule has 0 saturated heterocycles. The van der Waals surface area contributed by atoms with Crippen molar-refractivity contribution in [1.82, 2.24) is 4.90 Å². The lowest BCUT2D eigenvalue weighted by molar-refractivity contribution is 0.316. The number of rotatable bonds is 8. The quantitative estimate of drug-likeness (QED) is 0.533. The highest BCUT2D eigenvalue weighted by molar-refractivity contribution is 5.89. The maximum absolute atomic E-state index is 12.5. The molecule has 29 heavy (non-hydrogen) atoms. The first kappa shape index (κ1) is 20.5. The van der Waals surface area contributed by atoms with Crippen LogP contribution in [0.3, 0.4) is 0 Å². The number of hydrogen-bond acceptors (Lipinski definition) is 7. The van der Waals surface area contributed by atoms with Crippen molar-refractivity contribution in [3.8, 4) is 28.6 Å². The number of phenolic OH excluding ortho intramolecular Hbond substituents is 2. The topological polar surface area (TPSA) is 95.2 Å². The molecule has 0 atom stereocenters. The molecule has 0 saturated carbocycles. The molecule has 0 spiro atoms. The lowest BCUT2D eigenvalue weighted by Gasteiger charge is -2.18. The minimum absolute atomic E-state index is 0.0295. The monoisotopic (exact) mass is 398 g/mol. The fraction of sp³-hybridized carbons (Fsp3) is 0.318. The van der Waals surface area contributed by atoms with Gasteiger partial charge < -0.3 is 29.6 Å². The summed E-state index contributed by atoms with van der Waals surface area (Å²) in [5.74, 6) is -0.542. The minimum Gasteiger partial charge on any atom is -0.504 e. The number of anilines is 1. The molecule has 3 rings (SSSR count). The summed E-state index contributed by atoms with van der Waals surface area (Å²) in [6.45, 7) is 8.14. The number of ether oxygens (including phenoxy) is 1. The zero-order chi connectivity index (χ0) is 21.0. The van der Waals surface area contributed by atoms with Crippen molar-refractivity contribution in [2.45, 2.75) is 13.8 Å². The van der Waals surface area contributed by atoms with E-state index < -0.39 is 11.2 Å². The SMILES string of the molecule is CCN(CC)CCNc1ccc(-c2cc(=O)c3c(O)c(OC)c(O)cc3o2)cc1. The van der Waals surface area contributed by atoms with E-state index >= 15 is 0 Å². The van der Waals surface area contributed by atoms with Crippen molar-refractivity contribution < 1.29 is 19.4 Å². The van der Waals surface area contributed by atoms with E-state index in [0.717, 1.165) is 31.9 Å². The van der Waals surface area contributed by atoms with Crippen LogP contribution < -0.4 is 15.5 Å². The number of likely N-dealkylation sites (N-methyl/N-ethyl adjacent to an activating group) is 1. The molecule has 7 nitrogen and oxygen atoms in total. The third-order valence-electron chi connectivity index (χ3n) is 4.95. The first-order chi connectivity index (χ1) is 14.0. The van der Waals surface area contributed by atoms with Crippen LogP contribution in [-0.2, 0) is 0 Å². The van der Waals surface area contributed by atoms with Gasteiger partial charge in [0, 0.05) is 36.5 Å². The Balaban J connectivity index is 1.84. The third-order valence-corrected chi connectivity index (χ3v) is 4.95. The molecule has 7 heteroatoms. The van der Waals surface area contributed by atoms with Crippen LogP contribution in [0, 0.1) is 0 Å². The van der Waals surface area contributed by atoms with Gasteiger partial charge in [0.1, 0.15) is 16.7 Å². The highest BCUT2D eigenvalue weighted by Crippen LogP contribution is 2.41. The number of aromatic hydroxyl groups is 2. The summed E-state index contributed by atoms with van der Waals surface area (Å²) >= 11 is 0. The van der Waals surface area contributed by atoms with Crippen LogP contribution in [0.4, 0.5) is 5.69 Å². The first-order valence-electron chi connectivity index (χ1n) is 9.61. The van der Waals surface area contributed by atoms with Gasteiger partial charge in [-0.2, -0.15) is 0 Å². The molecule has 0 fully saturated rings. The van der Waals surface area contributed by atoms with Gasteiger partial charge in [0.15, 0.2) is 16.9 Å². The molecule has 0 aliphatic heterocycles. The maximum atomic E-state index is 12.5. The largest absolute Gasteiger partial charge is 0.504 e.